The monoisotopic (exact) mass is 281 g/mol. The number of rotatable bonds is 5. The third kappa shape index (κ3) is 3.09. The standard InChI is InChI=1S/C13H23N5O2/c1-4-6-11-12(18(19)20)13(17(3)15-11)14-10-7-5-8-16(2)9-10/h10,14H,4-9H2,1-3H3. The molecule has 1 aliphatic heterocycles. The van der Waals surface area contributed by atoms with E-state index in [2.05, 4.69) is 22.4 Å². The highest BCUT2D eigenvalue weighted by atomic mass is 16.6. The van der Waals surface area contributed by atoms with Crippen LogP contribution in [0, 0.1) is 10.1 Å². The zero-order valence-electron chi connectivity index (χ0n) is 12.4. The van der Waals surface area contributed by atoms with Crippen LogP contribution in [0.3, 0.4) is 0 Å². The summed E-state index contributed by atoms with van der Waals surface area (Å²) in [5.74, 6) is 0.541. The van der Waals surface area contributed by atoms with Crippen LogP contribution in [0.15, 0.2) is 0 Å². The summed E-state index contributed by atoms with van der Waals surface area (Å²) in [7, 11) is 3.84. The van der Waals surface area contributed by atoms with Gasteiger partial charge >= 0.3 is 5.69 Å². The zero-order valence-corrected chi connectivity index (χ0v) is 12.4. The van der Waals surface area contributed by atoms with Crippen LogP contribution in [0.5, 0.6) is 0 Å². The molecule has 7 heteroatoms. The van der Waals surface area contributed by atoms with Crippen LogP contribution < -0.4 is 5.32 Å². The summed E-state index contributed by atoms with van der Waals surface area (Å²) in [6.45, 7) is 4.00. The summed E-state index contributed by atoms with van der Waals surface area (Å²) >= 11 is 0. The van der Waals surface area contributed by atoms with Crippen LogP contribution in [-0.2, 0) is 13.5 Å². The first kappa shape index (κ1) is 14.8. The van der Waals surface area contributed by atoms with Crippen molar-refractivity contribution in [1.82, 2.24) is 14.7 Å². The van der Waals surface area contributed by atoms with Gasteiger partial charge in [0.15, 0.2) is 0 Å². The van der Waals surface area contributed by atoms with Gasteiger partial charge in [0.25, 0.3) is 0 Å². The second-order valence-electron chi connectivity index (χ2n) is 5.52. The van der Waals surface area contributed by atoms with Gasteiger partial charge in [-0.2, -0.15) is 5.10 Å². The minimum Gasteiger partial charge on any atom is -0.361 e. The van der Waals surface area contributed by atoms with Crippen LogP contribution in [-0.4, -0.2) is 45.8 Å². The SMILES string of the molecule is CCCc1nn(C)c(NC2CCCN(C)C2)c1[N+](=O)[O-]. The van der Waals surface area contributed by atoms with Crippen molar-refractivity contribution in [2.45, 2.75) is 38.6 Å². The van der Waals surface area contributed by atoms with E-state index in [-0.39, 0.29) is 16.7 Å². The van der Waals surface area contributed by atoms with E-state index in [1.807, 2.05) is 6.92 Å². The van der Waals surface area contributed by atoms with Crippen molar-refractivity contribution in [2.24, 2.45) is 7.05 Å². The largest absolute Gasteiger partial charge is 0.361 e. The smallest absolute Gasteiger partial charge is 0.333 e. The second kappa shape index (κ2) is 6.21. The van der Waals surface area contributed by atoms with Crippen molar-refractivity contribution >= 4 is 11.5 Å². The molecule has 2 heterocycles. The molecule has 0 saturated carbocycles. The van der Waals surface area contributed by atoms with Crippen molar-refractivity contribution < 1.29 is 4.92 Å². The average molecular weight is 281 g/mol. The van der Waals surface area contributed by atoms with Gasteiger partial charge in [-0.3, -0.25) is 10.1 Å². The molecule has 0 bridgehead atoms. The molecule has 1 unspecified atom stereocenters. The normalized spacial score (nSPS) is 20.1. The molecule has 1 atom stereocenters. The Morgan fingerprint density at radius 3 is 2.85 bits per heavy atom. The van der Waals surface area contributed by atoms with Crippen LogP contribution in [0.1, 0.15) is 31.9 Å². The molecule has 0 aliphatic carbocycles. The van der Waals surface area contributed by atoms with E-state index in [9.17, 15) is 10.1 Å². The maximum atomic E-state index is 11.3. The van der Waals surface area contributed by atoms with Gasteiger partial charge in [-0.1, -0.05) is 13.3 Å². The van der Waals surface area contributed by atoms with Crippen LogP contribution >= 0.6 is 0 Å². The Labute approximate surface area is 119 Å². The Balaban J connectivity index is 2.23. The van der Waals surface area contributed by atoms with E-state index in [1.165, 1.54) is 0 Å². The van der Waals surface area contributed by atoms with E-state index >= 15 is 0 Å². The van der Waals surface area contributed by atoms with Gasteiger partial charge in [0.2, 0.25) is 5.82 Å². The van der Waals surface area contributed by atoms with Gasteiger partial charge in [-0.15, -0.1) is 0 Å². The highest BCUT2D eigenvalue weighted by Gasteiger charge is 2.28. The fourth-order valence-corrected chi connectivity index (χ4v) is 2.80. The third-order valence-electron chi connectivity index (χ3n) is 3.73. The van der Waals surface area contributed by atoms with E-state index in [4.69, 9.17) is 0 Å². The Bertz CT molecular complexity index is 485. The number of hydrogen-bond donors (Lipinski definition) is 1. The summed E-state index contributed by atoms with van der Waals surface area (Å²) in [5.41, 5.74) is 0.717. The molecule has 1 fully saturated rings. The zero-order chi connectivity index (χ0) is 14.7. The fraction of sp³-hybridized carbons (Fsp3) is 0.769. The van der Waals surface area contributed by atoms with Gasteiger partial charge in [-0.25, -0.2) is 4.68 Å². The molecule has 1 aliphatic rings. The molecule has 1 N–H and O–H groups in total. The molecule has 0 spiro atoms. The van der Waals surface area contributed by atoms with E-state index in [0.717, 1.165) is 32.4 Å². The lowest BCUT2D eigenvalue weighted by atomic mass is 10.1. The molecule has 20 heavy (non-hydrogen) atoms. The van der Waals surface area contributed by atoms with E-state index in [1.54, 1.807) is 11.7 Å². The van der Waals surface area contributed by atoms with E-state index < -0.39 is 0 Å². The molecule has 0 radical (unpaired) electrons. The molecule has 1 aromatic heterocycles. The molecule has 1 saturated heterocycles. The number of nitro groups is 1. The van der Waals surface area contributed by atoms with Crippen molar-refractivity contribution in [3.63, 3.8) is 0 Å². The number of nitrogens with one attached hydrogen (secondary N) is 1. The lowest BCUT2D eigenvalue weighted by Crippen LogP contribution is -2.40. The number of aryl methyl sites for hydroxylation is 2. The maximum Gasteiger partial charge on any atom is 0.333 e. The molecular formula is C13H23N5O2. The molecule has 2 rings (SSSR count). The summed E-state index contributed by atoms with van der Waals surface area (Å²) in [6, 6.07) is 0.248. The van der Waals surface area contributed by atoms with Crippen molar-refractivity contribution in [1.29, 1.82) is 0 Å². The van der Waals surface area contributed by atoms with Gasteiger partial charge < -0.3 is 10.2 Å². The van der Waals surface area contributed by atoms with Gasteiger partial charge in [0.1, 0.15) is 5.69 Å². The number of hydrogen-bond acceptors (Lipinski definition) is 5. The summed E-state index contributed by atoms with van der Waals surface area (Å²) in [5, 5.41) is 19.0. The Hall–Kier alpha value is -1.63. The number of anilines is 1. The van der Waals surface area contributed by atoms with Crippen molar-refractivity contribution in [2.75, 3.05) is 25.5 Å². The van der Waals surface area contributed by atoms with Crippen molar-refractivity contribution in [3.8, 4) is 0 Å². The number of nitrogens with zero attached hydrogens (tertiary/aromatic N) is 4. The second-order valence-corrected chi connectivity index (χ2v) is 5.52. The summed E-state index contributed by atoms with van der Waals surface area (Å²) < 4.78 is 1.61. The molecule has 7 nitrogen and oxygen atoms in total. The quantitative estimate of drug-likeness (QED) is 0.657. The minimum absolute atomic E-state index is 0.141. The number of likely N-dealkylation sites (tertiary alicyclic amines) is 1. The van der Waals surface area contributed by atoms with Gasteiger partial charge in [0, 0.05) is 19.6 Å². The average Bonchev–Trinajstić information content (AvgIpc) is 2.66. The lowest BCUT2D eigenvalue weighted by Gasteiger charge is -2.30. The fourth-order valence-electron chi connectivity index (χ4n) is 2.80. The van der Waals surface area contributed by atoms with E-state index in [0.29, 0.717) is 17.9 Å². The van der Waals surface area contributed by atoms with Crippen molar-refractivity contribution in [3.05, 3.63) is 15.8 Å². The van der Waals surface area contributed by atoms with Crippen LogP contribution in [0.2, 0.25) is 0 Å². The highest BCUT2D eigenvalue weighted by Crippen LogP contribution is 2.30. The highest BCUT2D eigenvalue weighted by molar-refractivity contribution is 5.60. The lowest BCUT2D eigenvalue weighted by molar-refractivity contribution is -0.384. The van der Waals surface area contributed by atoms with Crippen LogP contribution in [0.25, 0.3) is 0 Å². The molecular weight excluding hydrogens is 258 g/mol. The third-order valence-corrected chi connectivity index (χ3v) is 3.73. The number of piperidine rings is 1. The summed E-state index contributed by atoms with van der Waals surface area (Å²) in [4.78, 5) is 13.3. The minimum atomic E-state index is -0.313. The first-order valence-electron chi connectivity index (χ1n) is 7.18. The van der Waals surface area contributed by atoms with Gasteiger partial charge in [0.05, 0.1) is 4.92 Å². The topological polar surface area (TPSA) is 76.2 Å². The Morgan fingerprint density at radius 1 is 1.50 bits per heavy atom. The Morgan fingerprint density at radius 2 is 2.25 bits per heavy atom. The first-order valence-corrected chi connectivity index (χ1v) is 7.18. The molecule has 112 valence electrons. The maximum absolute atomic E-state index is 11.3. The Kier molecular flexibility index (Phi) is 4.59. The van der Waals surface area contributed by atoms with Crippen LogP contribution in [0.4, 0.5) is 11.5 Å². The predicted molar refractivity (Wildman–Crippen MR) is 78.0 cm³/mol. The molecule has 1 aromatic rings. The number of likely N-dealkylation sites (N-methyl/N-ethyl adjacent to an activating group) is 1. The van der Waals surface area contributed by atoms with Gasteiger partial charge in [-0.05, 0) is 32.9 Å². The first-order chi connectivity index (χ1) is 9.52. The summed E-state index contributed by atoms with van der Waals surface area (Å²) in [6.07, 6.45) is 3.64. The number of aromatic nitrogens is 2. The predicted octanol–water partition coefficient (Wildman–Crippen LogP) is 1.79. The molecule has 0 aromatic carbocycles. The molecule has 0 amide bonds.